The van der Waals surface area contributed by atoms with Crippen LogP contribution in [0, 0.1) is 0 Å². The van der Waals surface area contributed by atoms with Crippen molar-refractivity contribution in [1.82, 2.24) is 0 Å². The Hall–Kier alpha value is 0.715. The van der Waals surface area contributed by atoms with E-state index in [0.29, 0.717) is 0 Å². The molecule has 0 saturated carbocycles. The van der Waals surface area contributed by atoms with Gasteiger partial charge in [-0.1, -0.05) is 0 Å². The molecule has 0 aromatic carbocycles. The van der Waals surface area contributed by atoms with E-state index in [1.54, 1.807) is 0 Å². The van der Waals surface area contributed by atoms with E-state index in [4.69, 9.17) is 60.3 Å². The standard InChI is InChI=1S/4BH3O3.Hg/c4*2-1(3)4;/h4*2-4H;. The summed E-state index contributed by atoms with van der Waals surface area (Å²) in [6.07, 6.45) is 0. The van der Waals surface area contributed by atoms with Crippen LogP contribution in [0.15, 0.2) is 0 Å². The van der Waals surface area contributed by atoms with Crippen molar-refractivity contribution in [2.45, 2.75) is 0 Å². The monoisotopic (exact) mass is 450 g/mol. The van der Waals surface area contributed by atoms with Crippen LogP contribution >= 0.6 is 0 Å². The second-order valence-electron chi connectivity index (χ2n) is 1.39. The molecule has 0 aromatic rings. The van der Waals surface area contributed by atoms with E-state index >= 15 is 0 Å². The first-order valence-electron chi connectivity index (χ1n) is 3.10. The third kappa shape index (κ3) is 7080. The Balaban J connectivity index is -0.0000000369. The summed E-state index contributed by atoms with van der Waals surface area (Å²) in [6.45, 7) is 0. The van der Waals surface area contributed by atoms with Crippen molar-refractivity contribution in [1.29, 1.82) is 0 Å². The molecule has 17 heteroatoms. The predicted octanol–water partition coefficient (Wildman–Crippen LogP) is -8.21. The van der Waals surface area contributed by atoms with Crippen LogP contribution in [-0.2, 0) is 27.7 Å². The topological polar surface area (TPSA) is 243 Å². The maximum atomic E-state index is 7.17. The van der Waals surface area contributed by atoms with Crippen LogP contribution in [0.1, 0.15) is 0 Å². The fraction of sp³-hybridized carbons (Fsp3) is 0. The van der Waals surface area contributed by atoms with E-state index in [0.717, 1.165) is 0 Å². The molecular formula is H12B4HgO12. The van der Waals surface area contributed by atoms with E-state index < -0.39 is 29.3 Å². The van der Waals surface area contributed by atoms with Crippen LogP contribution in [-0.4, -0.2) is 89.6 Å². The molecule has 0 atom stereocenters. The molecule has 17 heavy (non-hydrogen) atoms. The summed E-state index contributed by atoms with van der Waals surface area (Å²) >= 11 is 0. The van der Waals surface area contributed by atoms with Crippen molar-refractivity contribution in [2.75, 3.05) is 0 Å². The fourth-order valence-corrected chi connectivity index (χ4v) is 0. The van der Waals surface area contributed by atoms with Gasteiger partial charge >= 0.3 is 29.3 Å². The molecule has 12 N–H and O–H groups in total. The Labute approximate surface area is 117 Å². The van der Waals surface area contributed by atoms with Gasteiger partial charge in [0.15, 0.2) is 0 Å². The molecule has 0 aliphatic carbocycles. The van der Waals surface area contributed by atoms with Crippen LogP contribution < -0.4 is 0 Å². The summed E-state index contributed by atoms with van der Waals surface area (Å²) in [5.74, 6) is 0. The smallest absolute Gasteiger partial charge is 0.402 e. The SMILES string of the molecule is OB(O)O.OB(O)O.OB(O)O.OB(O)O.[Hg]. The molecular weight excluding hydrogens is 436 g/mol. The van der Waals surface area contributed by atoms with Gasteiger partial charge in [-0.25, -0.2) is 0 Å². The summed E-state index contributed by atoms with van der Waals surface area (Å²) in [6, 6.07) is 0. The quantitative estimate of drug-likeness (QED) is 0.155. The Bertz CT molecular complexity index is 61.5. The van der Waals surface area contributed by atoms with E-state index in [9.17, 15) is 0 Å². The zero-order chi connectivity index (χ0) is 14.3. The molecule has 0 unspecified atom stereocenters. The van der Waals surface area contributed by atoms with Gasteiger partial charge in [0.2, 0.25) is 0 Å². The molecule has 0 aliphatic heterocycles. The normalized spacial score (nSPS) is 6.35. The van der Waals surface area contributed by atoms with Crippen molar-refractivity contribution in [2.24, 2.45) is 0 Å². The Kier molecular flexibility index (Phi) is 46.0. The van der Waals surface area contributed by atoms with Gasteiger partial charge in [-0.3, -0.25) is 0 Å². The predicted molar refractivity (Wildman–Crippen MR) is 49.6 cm³/mol. The van der Waals surface area contributed by atoms with E-state index in [-0.39, 0.29) is 27.7 Å². The Morgan fingerprint density at radius 2 is 0.294 bits per heavy atom. The first-order valence-corrected chi connectivity index (χ1v) is 3.10. The maximum Gasteiger partial charge on any atom is 0.631 e. The van der Waals surface area contributed by atoms with Crippen LogP contribution in [0.4, 0.5) is 0 Å². The van der Waals surface area contributed by atoms with Gasteiger partial charge in [-0.2, -0.15) is 0 Å². The van der Waals surface area contributed by atoms with Gasteiger partial charge in [0.1, 0.15) is 0 Å². The fourth-order valence-electron chi connectivity index (χ4n) is 0. The minimum atomic E-state index is -2.17. The molecule has 0 saturated heterocycles. The second kappa shape index (κ2) is 25.5. The molecule has 0 aliphatic rings. The zero-order valence-electron chi connectivity index (χ0n) is 8.38. The molecule has 0 bridgehead atoms. The average Bonchev–Trinajstić information content (AvgIpc) is 1.76. The van der Waals surface area contributed by atoms with Crippen molar-refractivity contribution in [3.63, 3.8) is 0 Å². The van der Waals surface area contributed by atoms with Gasteiger partial charge in [0.05, 0.1) is 0 Å². The molecule has 0 spiro atoms. The third-order valence-electron chi connectivity index (χ3n) is 0. The van der Waals surface area contributed by atoms with E-state index in [1.807, 2.05) is 0 Å². The first-order chi connectivity index (χ1) is 6.93. The molecule has 0 aromatic heterocycles. The van der Waals surface area contributed by atoms with Gasteiger partial charge in [0.25, 0.3) is 0 Å². The van der Waals surface area contributed by atoms with Gasteiger partial charge in [-0.05, 0) is 0 Å². The molecule has 0 fully saturated rings. The first kappa shape index (κ1) is 30.6. The molecule has 0 radical (unpaired) electrons. The van der Waals surface area contributed by atoms with Crippen molar-refractivity contribution >= 4 is 29.3 Å². The maximum absolute atomic E-state index is 7.17. The van der Waals surface area contributed by atoms with E-state index in [2.05, 4.69) is 0 Å². The van der Waals surface area contributed by atoms with Crippen molar-refractivity contribution in [3.05, 3.63) is 0 Å². The summed E-state index contributed by atoms with van der Waals surface area (Å²) in [4.78, 5) is 0. The molecule has 12 nitrogen and oxygen atoms in total. The average molecular weight is 448 g/mol. The van der Waals surface area contributed by atoms with Gasteiger partial charge in [0, 0.05) is 27.7 Å². The minimum absolute atomic E-state index is 0. The largest absolute Gasteiger partial charge is 0.631 e. The molecule has 0 amide bonds. The van der Waals surface area contributed by atoms with Crippen LogP contribution in [0.25, 0.3) is 0 Å². The van der Waals surface area contributed by atoms with Crippen LogP contribution in [0.5, 0.6) is 0 Å². The second-order valence-corrected chi connectivity index (χ2v) is 1.39. The summed E-state index contributed by atoms with van der Waals surface area (Å²) in [5.41, 5.74) is 0. The third-order valence-corrected chi connectivity index (χ3v) is 0. The van der Waals surface area contributed by atoms with Crippen LogP contribution in [0.3, 0.4) is 0 Å². The summed E-state index contributed by atoms with van der Waals surface area (Å²) < 4.78 is 0. The number of hydrogen-bond donors (Lipinski definition) is 12. The summed E-state index contributed by atoms with van der Waals surface area (Å²) in [7, 11) is -8.67. The van der Waals surface area contributed by atoms with Gasteiger partial charge < -0.3 is 60.3 Å². The zero-order valence-corrected chi connectivity index (χ0v) is 13.9. The summed E-state index contributed by atoms with van der Waals surface area (Å²) in [5, 5.41) is 86.0. The van der Waals surface area contributed by atoms with E-state index in [1.165, 1.54) is 0 Å². The number of hydrogen-bond acceptors (Lipinski definition) is 12. The molecule has 98 valence electrons. The minimum Gasteiger partial charge on any atom is -0.402 e. The van der Waals surface area contributed by atoms with Crippen molar-refractivity contribution < 1.29 is 88.0 Å². The Morgan fingerprint density at radius 3 is 0.294 bits per heavy atom. The number of rotatable bonds is 0. The van der Waals surface area contributed by atoms with Gasteiger partial charge in [-0.15, -0.1) is 0 Å². The molecule has 0 heterocycles. The Morgan fingerprint density at radius 1 is 0.294 bits per heavy atom. The van der Waals surface area contributed by atoms with Crippen molar-refractivity contribution in [3.8, 4) is 0 Å². The van der Waals surface area contributed by atoms with Crippen LogP contribution in [0.2, 0.25) is 0 Å². The molecule has 0 rings (SSSR count).